The highest BCUT2D eigenvalue weighted by molar-refractivity contribution is 5.78. The maximum atomic E-state index is 13.3. The SMILES string of the molecule is C=CCC(CC=C)(C(=O)OCc1ccccc1)C(F)(F)F. The third-order valence-electron chi connectivity index (χ3n) is 3.13. The van der Waals surface area contributed by atoms with Crippen LogP contribution in [-0.4, -0.2) is 12.1 Å². The van der Waals surface area contributed by atoms with Crippen LogP contribution in [0.2, 0.25) is 0 Å². The van der Waals surface area contributed by atoms with Gasteiger partial charge in [-0.2, -0.15) is 13.2 Å². The first-order valence-corrected chi connectivity index (χ1v) is 6.37. The molecule has 0 amide bonds. The summed E-state index contributed by atoms with van der Waals surface area (Å²) in [6, 6.07) is 8.54. The van der Waals surface area contributed by atoms with Gasteiger partial charge in [-0.3, -0.25) is 4.79 Å². The molecule has 2 nitrogen and oxygen atoms in total. The lowest BCUT2D eigenvalue weighted by atomic mass is 9.80. The molecule has 0 heterocycles. The van der Waals surface area contributed by atoms with Gasteiger partial charge in [-0.05, 0) is 18.4 Å². The van der Waals surface area contributed by atoms with Gasteiger partial charge < -0.3 is 4.74 Å². The highest BCUT2D eigenvalue weighted by Gasteiger charge is 2.59. The Morgan fingerprint density at radius 1 is 1.10 bits per heavy atom. The van der Waals surface area contributed by atoms with Crippen LogP contribution in [0, 0.1) is 5.41 Å². The van der Waals surface area contributed by atoms with Gasteiger partial charge in [0.1, 0.15) is 6.61 Å². The van der Waals surface area contributed by atoms with E-state index in [9.17, 15) is 18.0 Å². The van der Waals surface area contributed by atoms with Gasteiger partial charge in [0.15, 0.2) is 5.41 Å². The summed E-state index contributed by atoms with van der Waals surface area (Å²) >= 11 is 0. The summed E-state index contributed by atoms with van der Waals surface area (Å²) in [5.74, 6) is -1.31. The van der Waals surface area contributed by atoms with Gasteiger partial charge >= 0.3 is 12.1 Å². The number of alkyl halides is 3. The summed E-state index contributed by atoms with van der Waals surface area (Å²) in [5, 5.41) is 0. The Balaban J connectivity index is 2.94. The molecule has 0 N–H and O–H groups in total. The summed E-state index contributed by atoms with van der Waals surface area (Å²) < 4.78 is 44.9. The zero-order valence-corrected chi connectivity index (χ0v) is 11.5. The second kappa shape index (κ2) is 7.11. The average Bonchev–Trinajstić information content (AvgIpc) is 2.44. The van der Waals surface area contributed by atoms with E-state index in [0.717, 1.165) is 12.2 Å². The van der Waals surface area contributed by atoms with Crippen molar-refractivity contribution in [1.29, 1.82) is 0 Å². The van der Waals surface area contributed by atoms with E-state index in [1.807, 2.05) is 0 Å². The van der Waals surface area contributed by atoms with Crippen molar-refractivity contribution in [3.05, 3.63) is 61.2 Å². The molecule has 0 spiro atoms. The van der Waals surface area contributed by atoms with Gasteiger partial charge in [-0.15, -0.1) is 13.2 Å². The number of ether oxygens (including phenoxy) is 1. The molecule has 1 rings (SSSR count). The van der Waals surface area contributed by atoms with Crippen molar-refractivity contribution in [1.82, 2.24) is 0 Å². The van der Waals surface area contributed by atoms with Gasteiger partial charge in [-0.25, -0.2) is 0 Å². The maximum Gasteiger partial charge on any atom is 0.405 e. The molecule has 0 aliphatic carbocycles. The van der Waals surface area contributed by atoms with Crippen LogP contribution < -0.4 is 0 Å². The molecule has 0 saturated heterocycles. The van der Waals surface area contributed by atoms with E-state index >= 15 is 0 Å². The van der Waals surface area contributed by atoms with Crippen molar-refractivity contribution >= 4 is 5.97 Å². The Hall–Kier alpha value is -2.04. The Morgan fingerprint density at radius 2 is 1.62 bits per heavy atom. The molecule has 0 fully saturated rings. The van der Waals surface area contributed by atoms with E-state index < -0.39 is 30.4 Å². The molecule has 0 radical (unpaired) electrons. The molecule has 114 valence electrons. The average molecular weight is 298 g/mol. The van der Waals surface area contributed by atoms with Crippen LogP contribution in [-0.2, 0) is 16.1 Å². The van der Waals surface area contributed by atoms with Crippen LogP contribution in [0.4, 0.5) is 13.2 Å². The molecule has 5 heteroatoms. The van der Waals surface area contributed by atoms with Gasteiger partial charge in [-0.1, -0.05) is 42.5 Å². The minimum absolute atomic E-state index is 0.203. The zero-order chi connectivity index (χ0) is 15.9. The van der Waals surface area contributed by atoms with E-state index in [4.69, 9.17) is 4.74 Å². The van der Waals surface area contributed by atoms with Crippen LogP contribution in [0.25, 0.3) is 0 Å². The topological polar surface area (TPSA) is 26.3 Å². The van der Waals surface area contributed by atoms with Gasteiger partial charge in [0, 0.05) is 0 Å². The molecule has 0 atom stereocenters. The molecule has 0 aliphatic rings. The largest absolute Gasteiger partial charge is 0.460 e. The monoisotopic (exact) mass is 298 g/mol. The molecule has 0 aromatic heterocycles. The lowest BCUT2D eigenvalue weighted by Gasteiger charge is -2.31. The number of carbonyl (C=O) groups is 1. The molecule has 21 heavy (non-hydrogen) atoms. The normalized spacial score (nSPS) is 11.8. The van der Waals surface area contributed by atoms with Crippen molar-refractivity contribution in [2.45, 2.75) is 25.6 Å². The third kappa shape index (κ3) is 3.97. The van der Waals surface area contributed by atoms with Crippen LogP contribution in [0.15, 0.2) is 55.6 Å². The summed E-state index contributed by atoms with van der Waals surface area (Å²) in [6.45, 7) is 6.40. The number of carbonyl (C=O) groups excluding carboxylic acids is 1. The summed E-state index contributed by atoms with van der Waals surface area (Å²) in [5.41, 5.74) is -2.00. The van der Waals surface area contributed by atoms with Crippen molar-refractivity contribution in [3.8, 4) is 0 Å². The van der Waals surface area contributed by atoms with E-state index in [-0.39, 0.29) is 6.61 Å². The fourth-order valence-electron chi connectivity index (χ4n) is 1.95. The standard InChI is InChI=1S/C16H17F3O2/c1-3-10-15(11-4-2,16(17,18)19)14(20)21-12-13-8-6-5-7-9-13/h3-9H,1-2,10-12H2. The third-order valence-corrected chi connectivity index (χ3v) is 3.13. The number of hydrogen-bond donors (Lipinski definition) is 0. The van der Waals surface area contributed by atoms with E-state index in [1.54, 1.807) is 30.3 Å². The second-order valence-corrected chi connectivity index (χ2v) is 4.63. The first-order valence-electron chi connectivity index (χ1n) is 6.37. The first-order chi connectivity index (χ1) is 9.87. The molecule has 0 saturated carbocycles. The van der Waals surface area contributed by atoms with Crippen LogP contribution in [0.1, 0.15) is 18.4 Å². The number of hydrogen-bond acceptors (Lipinski definition) is 2. The fourth-order valence-corrected chi connectivity index (χ4v) is 1.95. The van der Waals surface area contributed by atoms with E-state index in [2.05, 4.69) is 13.2 Å². The number of rotatable bonds is 7. The Kier molecular flexibility index (Phi) is 5.76. The highest BCUT2D eigenvalue weighted by Crippen LogP contribution is 2.45. The molecule has 0 bridgehead atoms. The molecule has 1 aromatic rings. The second-order valence-electron chi connectivity index (χ2n) is 4.63. The van der Waals surface area contributed by atoms with Crippen molar-refractivity contribution in [3.63, 3.8) is 0 Å². The molecular weight excluding hydrogens is 281 g/mol. The molecular formula is C16H17F3O2. The van der Waals surface area contributed by atoms with Crippen molar-refractivity contribution in [2.75, 3.05) is 0 Å². The Morgan fingerprint density at radius 3 is 2.05 bits per heavy atom. The number of halogens is 3. The van der Waals surface area contributed by atoms with E-state index in [0.29, 0.717) is 5.56 Å². The maximum absolute atomic E-state index is 13.3. The van der Waals surface area contributed by atoms with Gasteiger partial charge in [0.2, 0.25) is 0 Å². The van der Waals surface area contributed by atoms with Gasteiger partial charge in [0.05, 0.1) is 0 Å². The quantitative estimate of drug-likeness (QED) is 0.550. The predicted molar refractivity (Wildman–Crippen MR) is 74.4 cm³/mol. The van der Waals surface area contributed by atoms with Crippen LogP contribution in [0.3, 0.4) is 0 Å². The minimum Gasteiger partial charge on any atom is -0.460 e. The summed E-state index contributed by atoms with van der Waals surface area (Å²) in [7, 11) is 0. The number of esters is 1. The Bertz CT molecular complexity index is 482. The number of benzene rings is 1. The van der Waals surface area contributed by atoms with Crippen molar-refractivity contribution in [2.24, 2.45) is 5.41 Å². The Labute approximate surface area is 121 Å². The van der Waals surface area contributed by atoms with Crippen LogP contribution >= 0.6 is 0 Å². The fraction of sp³-hybridized carbons (Fsp3) is 0.312. The van der Waals surface area contributed by atoms with E-state index in [1.165, 1.54) is 0 Å². The smallest absolute Gasteiger partial charge is 0.405 e. The lowest BCUT2D eigenvalue weighted by molar-refractivity contribution is -0.234. The zero-order valence-electron chi connectivity index (χ0n) is 11.5. The minimum atomic E-state index is -4.73. The molecule has 0 aliphatic heterocycles. The van der Waals surface area contributed by atoms with Crippen molar-refractivity contribution < 1.29 is 22.7 Å². The van der Waals surface area contributed by atoms with Crippen LogP contribution in [0.5, 0.6) is 0 Å². The summed E-state index contributed by atoms with van der Waals surface area (Å²) in [4.78, 5) is 12.0. The predicted octanol–water partition coefficient (Wildman–Crippen LogP) is 4.43. The number of allylic oxidation sites excluding steroid dienone is 2. The molecule has 1 aromatic carbocycles. The lowest BCUT2D eigenvalue weighted by Crippen LogP contribution is -2.45. The summed E-state index contributed by atoms with van der Waals surface area (Å²) in [6.07, 6.45) is -3.68. The van der Waals surface area contributed by atoms with Gasteiger partial charge in [0.25, 0.3) is 0 Å². The highest BCUT2D eigenvalue weighted by atomic mass is 19.4. The molecule has 0 unspecified atom stereocenters. The first kappa shape index (κ1) is 17.0.